The number of benzene rings is 1. The summed E-state index contributed by atoms with van der Waals surface area (Å²) < 4.78 is 1.68. The summed E-state index contributed by atoms with van der Waals surface area (Å²) in [7, 11) is 0. The Balaban J connectivity index is 1.99. The lowest BCUT2D eigenvalue weighted by atomic mass is 10.2. The zero-order valence-corrected chi connectivity index (χ0v) is 12.3. The Morgan fingerprint density at radius 1 is 1.43 bits per heavy atom. The number of nitrogens with one attached hydrogen (secondary N) is 1. The fourth-order valence-electron chi connectivity index (χ4n) is 2.06. The van der Waals surface area contributed by atoms with Crippen molar-refractivity contribution in [3.05, 3.63) is 52.3 Å². The number of nitro groups is 1. The van der Waals surface area contributed by atoms with Crippen LogP contribution in [0.2, 0.25) is 0 Å². The first-order chi connectivity index (χ1) is 10.1. The average Bonchev–Trinajstić information content (AvgIpc) is 2.92. The molecule has 0 atom stereocenters. The maximum atomic E-state index is 10.8. The summed E-state index contributed by atoms with van der Waals surface area (Å²) in [6, 6.07) is 6.98. The second-order valence-corrected chi connectivity index (χ2v) is 5.28. The van der Waals surface area contributed by atoms with Gasteiger partial charge in [-0.15, -0.1) is 0 Å². The van der Waals surface area contributed by atoms with Gasteiger partial charge in [0, 0.05) is 24.4 Å². The third kappa shape index (κ3) is 4.39. The number of hydrogen-bond donors (Lipinski definition) is 1. The fourth-order valence-corrected chi connectivity index (χ4v) is 2.06. The lowest BCUT2D eigenvalue weighted by Crippen LogP contribution is -2.23. The maximum absolute atomic E-state index is 10.8. The quantitative estimate of drug-likeness (QED) is 0.483. The van der Waals surface area contributed by atoms with Crippen LogP contribution < -0.4 is 5.32 Å². The summed E-state index contributed by atoms with van der Waals surface area (Å²) in [6.45, 7) is 5.22. The molecule has 0 aliphatic carbocycles. The predicted molar refractivity (Wildman–Crippen MR) is 81.7 cm³/mol. The van der Waals surface area contributed by atoms with Crippen LogP contribution in [0.1, 0.15) is 25.8 Å². The molecule has 6 nitrogen and oxygen atoms in total. The Kier molecular flexibility index (Phi) is 5.05. The molecule has 0 bridgehead atoms. The van der Waals surface area contributed by atoms with Crippen LogP contribution in [-0.2, 0) is 6.42 Å². The van der Waals surface area contributed by atoms with Crippen LogP contribution in [0.3, 0.4) is 0 Å². The molecule has 0 aliphatic heterocycles. The van der Waals surface area contributed by atoms with Gasteiger partial charge in [0.2, 0.25) is 0 Å². The number of non-ortho nitro benzene ring substituents is 1. The highest BCUT2D eigenvalue weighted by Crippen LogP contribution is 2.16. The summed E-state index contributed by atoms with van der Waals surface area (Å²) in [5.41, 5.74) is 1.91. The molecule has 0 aliphatic rings. The van der Waals surface area contributed by atoms with Crippen LogP contribution >= 0.6 is 0 Å². The minimum atomic E-state index is -0.397. The van der Waals surface area contributed by atoms with E-state index in [2.05, 4.69) is 24.3 Å². The first-order valence-electron chi connectivity index (χ1n) is 7.08. The average molecular weight is 288 g/mol. The van der Waals surface area contributed by atoms with Gasteiger partial charge >= 0.3 is 0 Å². The van der Waals surface area contributed by atoms with Gasteiger partial charge in [-0.1, -0.05) is 19.9 Å². The molecule has 0 radical (unpaired) electrons. The number of nitrogens with zero attached hydrogens (tertiary/aromatic N) is 3. The molecular formula is C15H20N4O2. The molecule has 21 heavy (non-hydrogen) atoms. The van der Waals surface area contributed by atoms with Crippen molar-refractivity contribution in [1.29, 1.82) is 0 Å². The van der Waals surface area contributed by atoms with E-state index in [1.165, 1.54) is 12.1 Å². The third-order valence-electron chi connectivity index (χ3n) is 3.14. The van der Waals surface area contributed by atoms with Crippen molar-refractivity contribution in [3.63, 3.8) is 0 Å². The number of hydrogen-bond acceptors (Lipinski definition) is 4. The predicted octanol–water partition coefficient (Wildman–Crippen LogP) is 2.71. The molecule has 0 saturated carbocycles. The van der Waals surface area contributed by atoms with Gasteiger partial charge in [-0.2, -0.15) is 5.10 Å². The minimum absolute atomic E-state index is 0.0747. The Morgan fingerprint density at radius 3 is 2.95 bits per heavy atom. The smallest absolute Gasteiger partial charge is 0.271 e. The van der Waals surface area contributed by atoms with Gasteiger partial charge in [0.25, 0.3) is 5.69 Å². The molecule has 1 aromatic heterocycles. The Morgan fingerprint density at radius 2 is 2.24 bits per heavy atom. The first-order valence-corrected chi connectivity index (χ1v) is 7.08. The van der Waals surface area contributed by atoms with E-state index < -0.39 is 4.92 Å². The monoisotopic (exact) mass is 288 g/mol. The molecule has 0 spiro atoms. The fraction of sp³-hybridized carbons (Fsp3) is 0.400. The highest BCUT2D eigenvalue weighted by Gasteiger charge is 2.08. The van der Waals surface area contributed by atoms with Gasteiger partial charge in [0.1, 0.15) is 0 Å². The van der Waals surface area contributed by atoms with Crippen LogP contribution in [0.25, 0.3) is 5.69 Å². The second kappa shape index (κ2) is 6.99. The molecule has 6 heteroatoms. The topological polar surface area (TPSA) is 73.0 Å². The van der Waals surface area contributed by atoms with E-state index in [0.717, 1.165) is 24.9 Å². The second-order valence-electron chi connectivity index (χ2n) is 5.28. The van der Waals surface area contributed by atoms with Gasteiger partial charge in [-0.05, 0) is 31.0 Å². The van der Waals surface area contributed by atoms with Crippen LogP contribution in [0, 0.1) is 10.1 Å². The van der Waals surface area contributed by atoms with Gasteiger partial charge in [0.05, 0.1) is 16.8 Å². The summed E-state index contributed by atoms with van der Waals surface area (Å²) in [4.78, 5) is 10.4. The highest BCUT2D eigenvalue weighted by atomic mass is 16.6. The minimum Gasteiger partial charge on any atom is -0.315 e. The molecule has 0 amide bonds. The van der Waals surface area contributed by atoms with Crippen molar-refractivity contribution in [2.75, 3.05) is 6.54 Å². The van der Waals surface area contributed by atoms with Crippen molar-refractivity contribution < 1.29 is 4.92 Å². The summed E-state index contributed by atoms with van der Waals surface area (Å²) in [5.74, 6) is 0. The van der Waals surface area contributed by atoms with E-state index >= 15 is 0 Å². The first kappa shape index (κ1) is 15.2. The van der Waals surface area contributed by atoms with Crippen LogP contribution in [-0.4, -0.2) is 27.3 Å². The van der Waals surface area contributed by atoms with E-state index in [1.807, 2.05) is 18.5 Å². The van der Waals surface area contributed by atoms with Gasteiger partial charge < -0.3 is 5.32 Å². The normalized spacial score (nSPS) is 11.0. The number of aryl methyl sites for hydroxylation is 1. The number of nitro benzene ring substituents is 1. The largest absolute Gasteiger partial charge is 0.315 e. The van der Waals surface area contributed by atoms with Crippen LogP contribution in [0.5, 0.6) is 0 Å². The molecule has 1 heterocycles. The lowest BCUT2D eigenvalue weighted by molar-refractivity contribution is -0.384. The molecule has 112 valence electrons. The van der Waals surface area contributed by atoms with E-state index in [-0.39, 0.29) is 5.69 Å². The van der Waals surface area contributed by atoms with Gasteiger partial charge in [-0.25, -0.2) is 4.68 Å². The highest BCUT2D eigenvalue weighted by molar-refractivity contribution is 5.42. The molecule has 1 aromatic carbocycles. The van der Waals surface area contributed by atoms with Crippen molar-refractivity contribution >= 4 is 5.69 Å². The van der Waals surface area contributed by atoms with Gasteiger partial charge in [0.15, 0.2) is 0 Å². The summed E-state index contributed by atoms with van der Waals surface area (Å²) in [6.07, 6.45) is 5.72. The standard InChI is InChI=1S/C15H20N4O2/c1-12(2)16-8-4-5-13-10-17-18(11-13)14-6-3-7-15(9-14)19(20)21/h3,6-7,9-12,16H,4-5,8H2,1-2H3. The van der Waals surface area contributed by atoms with Gasteiger partial charge in [-0.3, -0.25) is 10.1 Å². The summed E-state index contributed by atoms with van der Waals surface area (Å²) >= 11 is 0. The Labute approximate surface area is 123 Å². The molecule has 0 fully saturated rings. The molecular weight excluding hydrogens is 268 g/mol. The van der Waals surface area contributed by atoms with E-state index in [1.54, 1.807) is 10.7 Å². The SMILES string of the molecule is CC(C)NCCCc1cnn(-c2cccc([N+](=O)[O-])c2)c1. The molecule has 0 unspecified atom stereocenters. The lowest BCUT2D eigenvalue weighted by Gasteiger charge is -2.06. The van der Waals surface area contributed by atoms with Crippen molar-refractivity contribution in [2.45, 2.75) is 32.7 Å². The Hall–Kier alpha value is -2.21. The maximum Gasteiger partial charge on any atom is 0.271 e. The van der Waals surface area contributed by atoms with Crippen molar-refractivity contribution in [3.8, 4) is 5.69 Å². The molecule has 0 saturated heterocycles. The number of rotatable bonds is 7. The molecule has 1 N–H and O–H groups in total. The van der Waals surface area contributed by atoms with Crippen LogP contribution in [0.4, 0.5) is 5.69 Å². The van der Waals surface area contributed by atoms with Crippen LogP contribution in [0.15, 0.2) is 36.7 Å². The Bertz CT molecular complexity index is 607. The van der Waals surface area contributed by atoms with Crippen molar-refractivity contribution in [2.24, 2.45) is 0 Å². The number of aromatic nitrogens is 2. The van der Waals surface area contributed by atoms with Crippen molar-refractivity contribution in [1.82, 2.24) is 15.1 Å². The third-order valence-corrected chi connectivity index (χ3v) is 3.14. The van der Waals surface area contributed by atoms with E-state index in [9.17, 15) is 10.1 Å². The van der Waals surface area contributed by atoms with E-state index in [0.29, 0.717) is 11.7 Å². The zero-order chi connectivity index (χ0) is 15.2. The zero-order valence-electron chi connectivity index (χ0n) is 12.3. The van der Waals surface area contributed by atoms with E-state index in [4.69, 9.17) is 0 Å². The molecule has 2 rings (SSSR count). The molecule has 2 aromatic rings. The summed E-state index contributed by atoms with van der Waals surface area (Å²) in [5, 5.41) is 18.4.